The minimum atomic E-state index is 0.272. The highest BCUT2D eigenvalue weighted by Gasteiger charge is 2.22. The first kappa shape index (κ1) is 56.4. The number of para-hydroxylation sites is 6. The fraction of sp³-hybridized carbons (Fsp3) is 0.206. The van der Waals surface area contributed by atoms with Crippen molar-refractivity contribution in [1.29, 1.82) is 0 Å². The van der Waals surface area contributed by atoms with Crippen molar-refractivity contribution in [2.24, 2.45) is 0 Å². The molecule has 9 aromatic carbocycles. The minimum absolute atomic E-state index is 0.272. The summed E-state index contributed by atoms with van der Waals surface area (Å²) in [7, 11) is 6.15. The summed E-state index contributed by atoms with van der Waals surface area (Å²) in [6, 6.07) is 74.6. The van der Waals surface area contributed by atoms with Gasteiger partial charge >= 0.3 is 0 Å². The third-order valence-corrected chi connectivity index (χ3v) is 13.1. The smallest absolute Gasteiger partial charge is 0.144 e. The van der Waals surface area contributed by atoms with Crippen molar-refractivity contribution < 1.29 is 15.3 Å². The molecule has 0 fully saturated rings. The molecular formula is C68H76N6O3. The average Bonchev–Trinajstić information content (AvgIpc) is 3.46. The largest absolute Gasteiger partial charge is 0.506 e. The van der Waals surface area contributed by atoms with Crippen molar-refractivity contribution >= 4 is 51.2 Å². The Balaban J connectivity index is 0.000000261. The summed E-state index contributed by atoms with van der Waals surface area (Å²) in [4.78, 5) is 10.7. The molecule has 396 valence electrons. The van der Waals surface area contributed by atoms with E-state index in [1.54, 1.807) is 6.07 Å². The quantitative estimate of drug-likeness (QED) is 0.0592. The van der Waals surface area contributed by atoms with E-state index in [4.69, 9.17) is 0 Å². The number of aryl methyl sites for hydroxylation is 3. The van der Waals surface area contributed by atoms with E-state index < -0.39 is 0 Å². The maximum absolute atomic E-state index is 11.7. The van der Waals surface area contributed by atoms with Gasteiger partial charge in [-0.1, -0.05) is 141 Å². The van der Waals surface area contributed by atoms with Crippen LogP contribution in [0.15, 0.2) is 224 Å². The van der Waals surface area contributed by atoms with Crippen LogP contribution in [0.2, 0.25) is 0 Å². The van der Waals surface area contributed by atoms with Gasteiger partial charge in [-0.15, -0.1) is 0 Å². The first-order chi connectivity index (χ1) is 37.4. The molecule has 0 aliphatic rings. The van der Waals surface area contributed by atoms with E-state index in [1.807, 2.05) is 172 Å². The molecule has 0 saturated heterocycles. The van der Waals surface area contributed by atoms with E-state index in [0.717, 1.165) is 98.6 Å². The van der Waals surface area contributed by atoms with Crippen LogP contribution in [0.25, 0.3) is 0 Å². The highest BCUT2D eigenvalue weighted by Crippen LogP contribution is 2.44. The summed E-state index contributed by atoms with van der Waals surface area (Å²) in [5, 5.41) is 36.8. The summed E-state index contributed by atoms with van der Waals surface area (Å²) in [6.45, 7) is 12.3. The molecule has 9 heteroatoms. The molecule has 9 aromatic rings. The van der Waals surface area contributed by atoms with Gasteiger partial charge in [0, 0.05) is 71.4 Å². The number of aromatic hydroxyl groups is 3. The number of nitrogens with one attached hydrogen (secondary N) is 1. The van der Waals surface area contributed by atoms with Crippen LogP contribution in [-0.4, -0.2) is 65.9 Å². The Morgan fingerprint density at radius 2 is 0.675 bits per heavy atom. The molecule has 0 bridgehead atoms. The van der Waals surface area contributed by atoms with Gasteiger partial charge in [0.1, 0.15) is 17.2 Å². The van der Waals surface area contributed by atoms with Gasteiger partial charge < -0.3 is 45.1 Å². The summed E-state index contributed by atoms with van der Waals surface area (Å²) in [5.74, 6) is 0.831. The summed E-state index contributed by atoms with van der Waals surface area (Å²) in [6.07, 6.45) is 2.59. The number of rotatable bonds is 19. The van der Waals surface area contributed by atoms with Crippen molar-refractivity contribution in [1.82, 2.24) is 15.1 Å². The molecule has 4 N–H and O–H groups in total. The summed E-state index contributed by atoms with van der Waals surface area (Å²) < 4.78 is 0. The molecule has 0 spiro atoms. The van der Waals surface area contributed by atoms with E-state index in [9.17, 15) is 15.3 Å². The van der Waals surface area contributed by atoms with Crippen LogP contribution in [0.4, 0.5) is 51.2 Å². The number of unbranched alkanes of at least 4 members (excludes halogenated alkanes) is 1. The van der Waals surface area contributed by atoms with Gasteiger partial charge in [0.25, 0.3) is 0 Å². The van der Waals surface area contributed by atoms with Crippen LogP contribution in [0.5, 0.6) is 17.2 Å². The molecule has 0 aliphatic heterocycles. The Labute approximate surface area is 458 Å². The molecule has 0 saturated carbocycles. The Hall–Kier alpha value is -8.34. The van der Waals surface area contributed by atoms with Crippen LogP contribution < -0.4 is 20.0 Å². The zero-order chi connectivity index (χ0) is 54.5. The molecule has 0 radical (unpaired) electrons. The molecule has 0 amide bonds. The predicted molar refractivity (Wildman–Crippen MR) is 324 cm³/mol. The molecule has 77 heavy (non-hydrogen) atoms. The highest BCUT2D eigenvalue weighted by atomic mass is 16.3. The summed E-state index contributed by atoms with van der Waals surface area (Å²) in [5.41, 5.74) is 13.3. The fourth-order valence-electron chi connectivity index (χ4n) is 9.24. The Morgan fingerprint density at radius 3 is 0.961 bits per heavy atom. The van der Waals surface area contributed by atoms with E-state index in [-0.39, 0.29) is 17.2 Å². The van der Waals surface area contributed by atoms with Gasteiger partial charge in [0.2, 0.25) is 0 Å². The molecule has 0 heterocycles. The van der Waals surface area contributed by atoms with E-state index in [1.165, 1.54) is 12.8 Å². The topological polar surface area (TPSA) is 88.9 Å². The van der Waals surface area contributed by atoms with Crippen LogP contribution in [0.1, 0.15) is 47.6 Å². The SMILES string of the molecule is CCCCNC.Cc1cc(CN(C)CCN(C)Cc2cc(C)cc(N(c3ccccc3)c3ccccc3)c2O)c(O)c(N(c2ccccc2)c2ccccc2)c1.Cc1ccc(O)c(N(c2ccccc2)c2ccccc2)c1. The summed E-state index contributed by atoms with van der Waals surface area (Å²) >= 11 is 0. The molecule has 0 aromatic heterocycles. The van der Waals surface area contributed by atoms with Gasteiger partial charge in [0.05, 0.1) is 17.1 Å². The fourth-order valence-corrected chi connectivity index (χ4v) is 9.24. The van der Waals surface area contributed by atoms with Gasteiger partial charge in [0.15, 0.2) is 0 Å². The maximum atomic E-state index is 11.7. The molecule has 0 aliphatic carbocycles. The lowest BCUT2D eigenvalue weighted by Gasteiger charge is -2.29. The molecule has 0 unspecified atom stereocenters. The first-order valence-corrected chi connectivity index (χ1v) is 26.6. The van der Waals surface area contributed by atoms with E-state index >= 15 is 0 Å². The molecule has 0 atom stereocenters. The first-order valence-electron chi connectivity index (χ1n) is 26.6. The second-order valence-corrected chi connectivity index (χ2v) is 19.5. The van der Waals surface area contributed by atoms with Crippen LogP contribution in [0, 0.1) is 20.8 Å². The van der Waals surface area contributed by atoms with E-state index in [2.05, 4.69) is 125 Å². The molecule has 9 nitrogen and oxygen atoms in total. The zero-order valence-electron chi connectivity index (χ0n) is 45.9. The Bertz CT molecular complexity index is 2900. The van der Waals surface area contributed by atoms with Crippen molar-refractivity contribution in [2.75, 3.05) is 55.5 Å². The lowest BCUT2D eigenvalue weighted by Crippen LogP contribution is -2.30. The number of nitrogens with zero attached hydrogens (tertiary/aromatic N) is 5. The van der Waals surface area contributed by atoms with Crippen molar-refractivity contribution in [2.45, 2.75) is 53.6 Å². The lowest BCUT2D eigenvalue weighted by atomic mass is 10.1. The Kier molecular flexibility index (Phi) is 20.9. The second-order valence-electron chi connectivity index (χ2n) is 19.5. The van der Waals surface area contributed by atoms with Crippen molar-refractivity contribution in [3.05, 3.63) is 252 Å². The minimum Gasteiger partial charge on any atom is -0.506 e. The van der Waals surface area contributed by atoms with Crippen LogP contribution in [0.3, 0.4) is 0 Å². The van der Waals surface area contributed by atoms with E-state index in [0.29, 0.717) is 13.1 Å². The lowest BCUT2D eigenvalue weighted by molar-refractivity contribution is 0.244. The second kappa shape index (κ2) is 28.5. The predicted octanol–water partition coefficient (Wildman–Crippen LogP) is 16.4. The van der Waals surface area contributed by atoms with Crippen LogP contribution in [-0.2, 0) is 13.1 Å². The average molecular weight is 1030 g/mol. The standard InChI is InChI=1S/C44H46N4O2.C19H17NO.C5H13N/c1-33-27-35(43(49)41(29-33)47(37-17-9-5-10-18-37)38-19-11-6-12-20-38)31-45(3)25-26-46(4)32-36-28-34(2)30-42(44(36)50)48(39-21-13-7-14-22-39)40-23-15-8-16-24-40;1-15-12-13-19(21)18(14-15)20(16-8-4-2-5-9-16)17-10-6-3-7-11-17;1-3-4-5-6-2/h5-24,27-30,49-50H,25-26,31-32H2,1-4H3;2-14,21H,1H3;6H,3-5H2,1-2H3. The monoisotopic (exact) mass is 1020 g/mol. The number of anilines is 9. The third kappa shape index (κ3) is 15.6. The molecular weight excluding hydrogens is 949 g/mol. The van der Waals surface area contributed by atoms with Crippen LogP contribution >= 0.6 is 0 Å². The number of benzene rings is 9. The zero-order valence-corrected chi connectivity index (χ0v) is 45.9. The van der Waals surface area contributed by atoms with Gasteiger partial charge in [-0.25, -0.2) is 0 Å². The van der Waals surface area contributed by atoms with Crippen molar-refractivity contribution in [3.8, 4) is 17.2 Å². The van der Waals surface area contributed by atoms with Gasteiger partial charge in [-0.05, 0) is 169 Å². The number of hydrogen-bond acceptors (Lipinski definition) is 9. The maximum Gasteiger partial charge on any atom is 0.144 e. The third-order valence-electron chi connectivity index (χ3n) is 13.1. The molecule has 9 rings (SSSR count). The number of likely N-dealkylation sites (N-methyl/N-ethyl adjacent to an activating group) is 2. The highest BCUT2D eigenvalue weighted by molar-refractivity contribution is 5.83. The Morgan fingerprint density at radius 1 is 0.377 bits per heavy atom. The van der Waals surface area contributed by atoms with Crippen molar-refractivity contribution in [3.63, 3.8) is 0 Å². The number of hydrogen-bond donors (Lipinski definition) is 4. The van der Waals surface area contributed by atoms with Gasteiger partial charge in [-0.3, -0.25) is 0 Å². The normalized spacial score (nSPS) is 10.8. The number of phenols is 3. The van der Waals surface area contributed by atoms with Gasteiger partial charge in [-0.2, -0.15) is 0 Å². The number of phenolic OH excluding ortho intramolecular Hbond substituents is 3.